The van der Waals surface area contributed by atoms with Gasteiger partial charge in [0.25, 0.3) is 0 Å². The van der Waals surface area contributed by atoms with Crippen molar-refractivity contribution in [3.63, 3.8) is 0 Å². The Kier molecular flexibility index (Phi) is 8.15. The largest absolute Gasteiger partial charge is 0.340 e. The van der Waals surface area contributed by atoms with E-state index in [4.69, 9.17) is 0 Å². The zero-order chi connectivity index (χ0) is 27.6. The molecule has 6 rings (SSSR count). The number of hydrogen-bond donors (Lipinski definition) is 0. The van der Waals surface area contributed by atoms with Crippen LogP contribution >= 0.6 is 23.5 Å². The molecule has 0 saturated carbocycles. The molecule has 0 spiro atoms. The maximum Gasteiger partial charge on any atom is 0.0555 e. The van der Waals surface area contributed by atoms with Crippen LogP contribution in [-0.4, -0.2) is 37.1 Å². The molecule has 4 aromatic carbocycles. The van der Waals surface area contributed by atoms with Crippen LogP contribution in [0.15, 0.2) is 105 Å². The minimum absolute atomic E-state index is 0.525. The minimum Gasteiger partial charge on any atom is -0.340 e. The van der Waals surface area contributed by atoms with E-state index >= 15 is 0 Å². The Morgan fingerprint density at radius 3 is 1.45 bits per heavy atom. The van der Waals surface area contributed by atoms with E-state index < -0.39 is 0 Å². The van der Waals surface area contributed by atoms with Crippen LogP contribution in [0.5, 0.6) is 0 Å². The fraction of sp³-hybridized carbons (Fsp3) is 0.314. The number of rotatable bonds is 9. The van der Waals surface area contributed by atoms with Crippen molar-refractivity contribution in [2.24, 2.45) is 0 Å². The highest BCUT2D eigenvalue weighted by atomic mass is 32.2. The number of fused-ring (bicyclic) bond motifs is 4. The van der Waals surface area contributed by atoms with E-state index in [2.05, 4.69) is 127 Å². The minimum atomic E-state index is 0.525. The lowest BCUT2D eigenvalue weighted by Gasteiger charge is -2.35. The summed E-state index contributed by atoms with van der Waals surface area (Å²) in [6.45, 7) is 13.3. The van der Waals surface area contributed by atoms with Gasteiger partial charge in [-0.2, -0.15) is 0 Å². The molecule has 0 bridgehead atoms. The van der Waals surface area contributed by atoms with Gasteiger partial charge in [0.2, 0.25) is 0 Å². The van der Waals surface area contributed by atoms with Crippen molar-refractivity contribution >= 4 is 46.3 Å². The summed E-state index contributed by atoms with van der Waals surface area (Å²) in [6.07, 6.45) is 2.27. The molecule has 0 atom stereocenters. The van der Waals surface area contributed by atoms with Crippen molar-refractivity contribution in [1.82, 2.24) is 4.90 Å². The average molecular weight is 566 g/mol. The number of aryl methyl sites for hydroxylation is 2. The molecule has 2 heterocycles. The van der Waals surface area contributed by atoms with Crippen molar-refractivity contribution < 1.29 is 0 Å². The summed E-state index contributed by atoms with van der Waals surface area (Å²) in [5.74, 6) is 0. The van der Waals surface area contributed by atoms with E-state index in [-0.39, 0.29) is 0 Å². The fourth-order valence-corrected chi connectivity index (χ4v) is 8.00. The predicted molar refractivity (Wildman–Crippen MR) is 173 cm³/mol. The summed E-state index contributed by atoms with van der Waals surface area (Å²) in [6, 6.07) is 32.0. The molecular formula is C35H39N3S2. The van der Waals surface area contributed by atoms with Gasteiger partial charge in [-0.1, -0.05) is 59.9 Å². The summed E-state index contributed by atoms with van der Waals surface area (Å²) in [5, 5.41) is 0. The molecule has 0 aliphatic carbocycles. The highest BCUT2D eigenvalue weighted by Crippen LogP contribution is 2.49. The van der Waals surface area contributed by atoms with Gasteiger partial charge in [-0.15, -0.1) is 0 Å². The Hall–Kier alpha value is -2.86. The summed E-state index contributed by atoms with van der Waals surface area (Å²) in [7, 11) is 0. The maximum atomic E-state index is 2.67. The van der Waals surface area contributed by atoms with Crippen LogP contribution < -0.4 is 9.80 Å². The first kappa shape index (κ1) is 27.3. The Balaban J connectivity index is 1.12. The second-order valence-electron chi connectivity index (χ2n) is 11.2. The fourth-order valence-electron chi connectivity index (χ4n) is 5.85. The van der Waals surface area contributed by atoms with Crippen molar-refractivity contribution in [3.8, 4) is 0 Å². The highest BCUT2D eigenvalue weighted by molar-refractivity contribution is 8.00. The van der Waals surface area contributed by atoms with Gasteiger partial charge in [0.15, 0.2) is 0 Å². The SMILES string of the molecule is Cc1ccc2c(c1)N(CCCN(CCCN1c3ccccc3Sc3ccc(C)cc31)C(C)C)c1ccccc1S2. The summed E-state index contributed by atoms with van der Waals surface area (Å²) < 4.78 is 0. The molecule has 0 saturated heterocycles. The van der Waals surface area contributed by atoms with Crippen LogP contribution in [-0.2, 0) is 0 Å². The number of benzene rings is 4. The zero-order valence-electron chi connectivity index (χ0n) is 24.1. The third kappa shape index (κ3) is 5.65. The zero-order valence-corrected chi connectivity index (χ0v) is 25.7. The lowest BCUT2D eigenvalue weighted by molar-refractivity contribution is 0.219. The Bertz CT molecular complexity index is 1390. The van der Waals surface area contributed by atoms with Crippen LogP contribution in [0.3, 0.4) is 0 Å². The van der Waals surface area contributed by atoms with Crippen molar-refractivity contribution in [2.75, 3.05) is 36.0 Å². The average Bonchev–Trinajstić information content (AvgIpc) is 2.95. The van der Waals surface area contributed by atoms with Crippen LogP contribution in [0, 0.1) is 13.8 Å². The summed E-state index contributed by atoms with van der Waals surface area (Å²) in [5.41, 5.74) is 8.05. The van der Waals surface area contributed by atoms with E-state index in [1.54, 1.807) is 0 Å². The molecule has 206 valence electrons. The van der Waals surface area contributed by atoms with Gasteiger partial charge in [-0.3, -0.25) is 0 Å². The van der Waals surface area contributed by atoms with Gasteiger partial charge >= 0.3 is 0 Å². The van der Waals surface area contributed by atoms with Gasteiger partial charge in [0.1, 0.15) is 0 Å². The standard InChI is InChI=1S/C35H39N3S2/c1-25(2)36(19-9-21-37-28-11-5-7-13-32(28)39-34-17-15-26(3)23-30(34)37)20-10-22-38-29-12-6-8-14-33(29)40-35-18-16-27(4)24-31(35)38/h5-8,11-18,23-25H,9-10,19-22H2,1-4H3. The van der Waals surface area contributed by atoms with Crippen molar-refractivity contribution in [2.45, 2.75) is 66.2 Å². The highest BCUT2D eigenvalue weighted by Gasteiger charge is 2.25. The van der Waals surface area contributed by atoms with Gasteiger partial charge < -0.3 is 14.7 Å². The van der Waals surface area contributed by atoms with Crippen LogP contribution in [0.25, 0.3) is 0 Å². The van der Waals surface area contributed by atoms with Crippen LogP contribution in [0.1, 0.15) is 37.8 Å². The molecule has 0 radical (unpaired) electrons. The molecule has 3 nitrogen and oxygen atoms in total. The normalized spacial score (nSPS) is 13.8. The molecule has 0 fully saturated rings. The second-order valence-corrected chi connectivity index (χ2v) is 13.4. The monoisotopic (exact) mass is 565 g/mol. The van der Waals surface area contributed by atoms with Gasteiger partial charge in [0, 0.05) is 51.8 Å². The topological polar surface area (TPSA) is 9.72 Å². The second kappa shape index (κ2) is 11.9. The maximum absolute atomic E-state index is 2.67. The Morgan fingerprint density at radius 1 is 0.575 bits per heavy atom. The summed E-state index contributed by atoms with van der Waals surface area (Å²) in [4.78, 5) is 13.2. The number of hydrogen-bond acceptors (Lipinski definition) is 5. The summed E-state index contributed by atoms with van der Waals surface area (Å²) >= 11 is 3.79. The first-order valence-electron chi connectivity index (χ1n) is 14.5. The molecule has 40 heavy (non-hydrogen) atoms. The molecule has 5 heteroatoms. The lowest BCUT2D eigenvalue weighted by atomic mass is 10.1. The van der Waals surface area contributed by atoms with Crippen molar-refractivity contribution in [1.29, 1.82) is 0 Å². The lowest BCUT2D eigenvalue weighted by Crippen LogP contribution is -2.36. The van der Waals surface area contributed by atoms with E-state index in [1.807, 2.05) is 23.5 Å². The quantitative estimate of drug-likeness (QED) is 0.199. The molecular weight excluding hydrogens is 527 g/mol. The number of nitrogens with zero attached hydrogens (tertiary/aromatic N) is 3. The molecule has 0 amide bonds. The Morgan fingerprint density at radius 2 is 1.00 bits per heavy atom. The first-order valence-corrected chi connectivity index (χ1v) is 16.2. The van der Waals surface area contributed by atoms with E-state index in [1.165, 1.54) is 53.5 Å². The van der Waals surface area contributed by atoms with E-state index in [0.29, 0.717) is 6.04 Å². The van der Waals surface area contributed by atoms with E-state index in [0.717, 1.165) is 39.0 Å². The molecule has 2 aliphatic heterocycles. The molecule has 4 aromatic rings. The smallest absolute Gasteiger partial charge is 0.0555 e. The van der Waals surface area contributed by atoms with Crippen LogP contribution in [0.4, 0.5) is 22.7 Å². The molecule has 0 N–H and O–H groups in total. The van der Waals surface area contributed by atoms with E-state index in [9.17, 15) is 0 Å². The molecule has 0 aromatic heterocycles. The molecule has 0 unspecified atom stereocenters. The Labute approximate surface area is 248 Å². The van der Waals surface area contributed by atoms with Crippen molar-refractivity contribution in [3.05, 3.63) is 96.1 Å². The van der Waals surface area contributed by atoms with Crippen LogP contribution in [0.2, 0.25) is 0 Å². The molecule has 2 aliphatic rings. The number of para-hydroxylation sites is 2. The number of anilines is 4. The predicted octanol–water partition coefficient (Wildman–Crippen LogP) is 9.70. The van der Waals surface area contributed by atoms with Gasteiger partial charge in [-0.05, 0) is 100 Å². The van der Waals surface area contributed by atoms with Gasteiger partial charge in [0.05, 0.1) is 22.7 Å². The third-order valence-electron chi connectivity index (χ3n) is 7.95. The van der Waals surface area contributed by atoms with Gasteiger partial charge in [-0.25, -0.2) is 0 Å². The third-order valence-corrected chi connectivity index (χ3v) is 10.2. The first-order chi connectivity index (χ1) is 19.5.